The van der Waals surface area contributed by atoms with E-state index >= 15 is 0 Å². The molecule has 0 saturated heterocycles. The number of nitrogens with one attached hydrogen (secondary N) is 2. The molecular formula is C34H53N9O6S3. The van der Waals surface area contributed by atoms with Gasteiger partial charge in [-0.15, -0.1) is 34.0 Å². The summed E-state index contributed by atoms with van der Waals surface area (Å²) in [5.74, 6) is -1.46. The van der Waals surface area contributed by atoms with Gasteiger partial charge in [-0.2, -0.15) is 0 Å². The fraction of sp³-hybridized carbons (Fsp3) is 0.647. The number of rotatable bonds is 9. The van der Waals surface area contributed by atoms with Gasteiger partial charge in [-0.25, -0.2) is 19.7 Å². The van der Waals surface area contributed by atoms with Gasteiger partial charge in [-0.1, -0.05) is 0 Å². The number of anilines is 3. The molecule has 6 rings (SSSR count). The molecule has 0 bridgehead atoms. The Labute approximate surface area is 317 Å². The highest BCUT2D eigenvalue weighted by Crippen LogP contribution is 2.27. The maximum atomic E-state index is 11.8. The molecule has 6 heterocycles. The number of nitrogens with zero attached hydrogens (tertiary/aromatic N) is 5. The Hall–Kier alpha value is -3.42. The van der Waals surface area contributed by atoms with Crippen molar-refractivity contribution in [3.63, 3.8) is 0 Å². The van der Waals surface area contributed by atoms with Crippen molar-refractivity contribution in [2.75, 3.05) is 69.1 Å². The minimum absolute atomic E-state index is 0.209. The summed E-state index contributed by atoms with van der Waals surface area (Å²) in [5.41, 5.74) is 14.1. The molecule has 18 heteroatoms. The highest BCUT2D eigenvalue weighted by molar-refractivity contribution is 7.16. The third-order valence-corrected chi connectivity index (χ3v) is 11.5. The smallest absolute Gasteiger partial charge is 0.413 e. The number of amides is 1. The summed E-state index contributed by atoms with van der Waals surface area (Å²) in [7, 11) is 0. The molecule has 0 spiro atoms. The topological polar surface area (TPSA) is 222 Å². The average Bonchev–Trinajstić information content (AvgIpc) is 3.57. The number of carboxylic acid groups (broad SMARTS) is 2. The van der Waals surface area contributed by atoms with Crippen LogP contribution in [0.4, 0.5) is 20.2 Å². The largest absolute Gasteiger partial charge is 0.481 e. The molecule has 0 saturated carbocycles. The number of aromatic nitrogens is 3. The first-order valence-corrected chi connectivity index (χ1v) is 20.2. The van der Waals surface area contributed by atoms with E-state index < -0.39 is 23.6 Å². The van der Waals surface area contributed by atoms with Crippen LogP contribution in [-0.2, 0) is 52.9 Å². The average molecular weight is 780 g/mol. The molecule has 15 nitrogen and oxygen atoms in total. The van der Waals surface area contributed by atoms with E-state index in [1.807, 2.05) is 20.8 Å². The Morgan fingerprint density at radius 1 is 0.731 bits per heavy atom. The minimum atomic E-state index is -0.747. The normalized spacial score (nSPS) is 16.2. The number of aliphatic carboxylic acids is 2. The predicted molar refractivity (Wildman–Crippen MR) is 207 cm³/mol. The molecule has 1 amide bonds. The highest BCUT2D eigenvalue weighted by atomic mass is 32.1. The summed E-state index contributed by atoms with van der Waals surface area (Å²) in [4.78, 5) is 54.4. The van der Waals surface area contributed by atoms with E-state index in [9.17, 15) is 14.4 Å². The van der Waals surface area contributed by atoms with Crippen molar-refractivity contribution in [2.45, 2.75) is 90.6 Å². The summed E-state index contributed by atoms with van der Waals surface area (Å²) in [6.45, 7) is 12.9. The number of thiazole rings is 3. The summed E-state index contributed by atoms with van der Waals surface area (Å²) in [6, 6.07) is 0. The SMILES string of the molecule is CC(C)(C)OC(=O)Nc1nc2c(s1)CCN(CCCC(=O)O)CC2.Nc1nc2c(s1)CCN(CCCC(=O)O)CC2.Nc1nc2c(s1)CCNCC2. The van der Waals surface area contributed by atoms with Gasteiger partial charge in [-0.3, -0.25) is 14.9 Å². The predicted octanol–water partition coefficient (Wildman–Crippen LogP) is 4.16. The molecule has 52 heavy (non-hydrogen) atoms. The van der Waals surface area contributed by atoms with Crippen LogP contribution < -0.4 is 22.1 Å². The van der Waals surface area contributed by atoms with Gasteiger partial charge in [0.1, 0.15) is 5.60 Å². The van der Waals surface area contributed by atoms with Crippen LogP contribution >= 0.6 is 34.0 Å². The van der Waals surface area contributed by atoms with E-state index in [1.54, 1.807) is 22.7 Å². The van der Waals surface area contributed by atoms with Crippen molar-refractivity contribution in [1.29, 1.82) is 0 Å². The molecule has 0 fully saturated rings. The molecule has 3 aromatic rings. The van der Waals surface area contributed by atoms with E-state index in [0.29, 0.717) is 16.7 Å². The summed E-state index contributed by atoms with van der Waals surface area (Å²) < 4.78 is 5.24. The molecule has 3 aromatic heterocycles. The van der Waals surface area contributed by atoms with Gasteiger partial charge < -0.3 is 41.5 Å². The zero-order valence-electron chi connectivity index (χ0n) is 30.4. The number of carbonyl (C=O) groups is 3. The zero-order chi connectivity index (χ0) is 37.7. The number of hydrogen-bond donors (Lipinski definition) is 6. The van der Waals surface area contributed by atoms with Gasteiger partial charge in [0.25, 0.3) is 0 Å². The van der Waals surface area contributed by atoms with Crippen LogP contribution in [-0.4, -0.2) is 111 Å². The van der Waals surface area contributed by atoms with Crippen molar-refractivity contribution < 1.29 is 29.3 Å². The van der Waals surface area contributed by atoms with Gasteiger partial charge >= 0.3 is 18.0 Å². The lowest BCUT2D eigenvalue weighted by Gasteiger charge is -2.19. The Balaban J connectivity index is 0.000000187. The van der Waals surface area contributed by atoms with E-state index in [-0.39, 0.29) is 12.8 Å². The summed E-state index contributed by atoms with van der Waals surface area (Å²) >= 11 is 4.70. The van der Waals surface area contributed by atoms with Crippen LogP contribution in [0.3, 0.4) is 0 Å². The molecule has 288 valence electrons. The lowest BCUT2D eigenvalue weighted by atomic mass is 10.2. The quantitative estimate of drug-likeness (QED) is 0.180. The van der Waals surface area contributed by atoms with E-state index in [0.717, 1.165) is 114 Å². The number of hydrogen-bond acceptors (Lipinski definition) is 15. The first kappa shape index (κ1) is 41.3. The second-order valence-corrected chi connectivity index (χ2v) is 17.1. The molecule has 3 aliphatic rings. The van der Waals surface area contributed by atoms with Gasteiger partial charge in [-0.05, 0) is 66.0 Å². The number of nitrogens with two attached hydrogens (primary N) is 2. The summed E-state index contributed by atoms with van der Waals surface area (Å²) in [5, 5.41) is 25.3. The number of carbonyl (C=O) groups excluding carboxylic acids is 1. The second-order valence-electron chi connectivity index (χ2n) is 13.8. The van der Waals surface area contributed by atoms with E-state index in [1.165, 1.54) is 31.7 Å². The van der Waals surface area contributed by atoms with Gasteiger partial charge in [0.2, 0.25) is 0 Å². The Morgan fingerprint density at radius 3 is 1.73 bits per heavy atom. The summed E-state index contributed by atoms with van der Waals surface area (Å²) in [6.07, 6.45) is 7.08. The number of ether oxygens (including phenoxy) is 1. The van der Waals surface area contributed by atoms with E-state index in [4.69, 9.17) is 26.4 Å². The van der Waals surface area contributed by atoms with Crippen LogP contribution in [0, 0.1) is 0 Å². The fourth-order valence-electron chi connectivity index (χ4n) is 5.97. The lowest BCUT2D eigenvalue weighted by molar-refractivity contribution is -0.138. The number of carboxylic acids is 2. The van der Waals surface area contributed by atoms with Gasteiger partial charge in [0, 0.05) is 86.0 Å². The van der Waals surface area contributed by atoms with Crippen LogP contribution in [0.5, 0.6) is 0 Å². The third kappa shape index (κ3) is 14.5. The number of nitrogen functional groups attached to an aromatic ring is 2. The van der Waals surface area contributed by atoms with Crippen molar-refractivity contribution >= 4 is 67.4 Å². The monoisotopic (exact) mass is 779 g/mol. The first-order valence-electron chi connectivity index (χ1n) is 17.8. The van der Waals surface area contributed by atoms with E-state index in [2.05, 4.69) is 35.4 Å². The molecule has 0 radical (unpaired) electrons. The Kier molecular flexibility index (Phi) is 16.0. The van der Waals surface area contributed by atoms with Crippen LogP contribution in [0.25, 0.3) is 0 Å². The van der Waals surface area contributed by atoms with Crippen molar-refractivity contribution in [2.24, 2.45) is 0 Å². The number of fused-ring (bicyclic) bond motifs is 3. The van der Waals surface area contributed by atoms with Crippen LogP contribution in [0.1, 0.15) is 78.2 Å². The standard InChI is InChI=1S/C16H25N3O4S.C11H17N3O2S.C7H11N3S/c1-16(2,3)23-15(22)18-14-17-11-6-9-19(8-4-5-13(20)21)10-7-12(11)24-14;12-11-13-8-3-6-14(5-1-2-10(15)16)7-4-9(8)17-11;8-7-10-5-1-3-9-4-2-6(5)11-7/h4-10H2,1-3H3,(H,20,21)(H,17,18,22);1-7H2,(H2,12,13)(H,15,16);9H,1-4H2,(H2,8,10). The molecule has 8 N–H and O–H groups in total. The second kappa shape index (κ2) is 20.1. The highest BCUT2D eigenvalue weighted by Gasteiger charge is 2.22. The van der Waals surface area contributed by atoms with Crippen LogP contribution in [0.15, 0.2) is 0 Å². The molecule has 0 atom stereocenters. The maximum absolute atomic E-state index is 11.8. The molecule has 0 unspecified atom stereocenters. The third-order valence-electron chi connectivity index (χ3n) is 8.41. The Morgan fingerprint density at radius 2 is 1.19 bits per heavy atom. The van der Waals surface area contributed by atoms with Crippen molar-refractivity contribution in [3.8, 4) is 0 Å². The zero-order valence-corrected chi connectivity index (χ0v) is 32.8. The van der Waals surface area contributed by atoms with Crippen LogP contribution in [0.2, 0.25) is 0 Å². The fourth-order valence-corrected chi connectivity index (χ4v) is 8.69. The maximum Gasteiger partial charge on any atom is 0.413 e. The van der Waals surface area contributed by atoms with Gasteiger partial charge in [0.15, 0.2) is 15.4 Å². The van der Waals surface area contributed by atoms with Gasteiger partial charge in [0.05, 0.1) is 17.1 Å². The first-order chi connectivity index (χ1) is 24.7. The molecule has 3 aliphatic heterocycles. The molecule has 0 aromatic carbocycles. The molecular weight excluding hydrogens is 727 g/mol. The minimum Gasteiger partial charge on any atom is -0.481 e. The molecule has 0 aliphatic carbocycles. The lowest BCUT2D eigenvalue weighted by Crippen LogP contribution is -2.28. The Bertz CT molecular complexity index is 1550. The van der Waals surface area contributed by atoms with Crippen molar-refractivity contribution in [1.82, 2.24) is 30.1 Å². The van der Waals surface area contributed by atoms with Crippen molar-refractivity contribution in [3.05, 3.63) is 31.7 Å².